The van der Waals surface area contributed by atoms with E-state index in [1.807, 2.05) is 0 Å². The fourth-order valence-corrected chi connectivity index (χ4v) is 1.84. The zero-order valence-electron chi connectivity index (χ0n) is 12.1. The predicted octanol–water partition coefficient (Wildman–Crippen LogP) is 2.26. The molecule has 0 aliphatic rings. The van der Waals surface area contributed by atoms with E-state index in [2.05, 4.69) is 55.4 Å². The molecule has 18 heavy (non-hydrogen) atoms. The van der Waals surface area contributed by atoms with E-state index in [9.17, 15) is 0 Å². The number of hydrogen-bond donors (Lipinski definition) is 1. The first-order valence-electron chi connectivity index (χ1n) is 6.65. The van der Waals surface area contributed by atoms with E-state index in [-0.39, 0.29) is 0 Å². The van der Waals surface area contributed by atoms with Gasteiger partial charge in [-0.05, 0) is 31.6 Å². The van der Waals surface area contributed by atoms with Crippen molar-refractivity contribution in [1.29, 1.82) is 0 Å². The highest BCUT2D eigenvalue weighted by Gasteiger charge is 2.08. The molecule has 0 aromatic heterocycles. The molecule has 0 spiro atoms. The van der Waals surface area contributed by atoms with Crippen molar-refractivity contribution < 1.29 is 4.74 Å². The van der Waals surface area contributed by atoms with E-state index in [1.165, 1.54) is 11.1 Å². The van der Waals surface area contributed by atoms with Crippen molar-refractivity contribution in [3.05, 3.63) is 35.4 Å². The molecule has 0 aliphatic carbocycles. The van der Waals surface area contributed by atoms with Crippen molar-refractivity contribution in [3.63, 3.8) is 0 Å². The number of hydrogen-bond acceptors (Lipinski definition) is 3. The molecule has 0 fully saturated rings. The van der Waals surface area contributed by atoms with Crippen LogP contribution in [0.5, 0.6) is 0 Å². The second-order valence-corrected chi connectivity index (χ2v) is 4.82. The SMILES string of the molecule is CCNCc1ccc(CN(C)C(C)COC)cc1. The van der Waals surface area contributed by atoms with Gasteiger partial charge in [-0.3, -0.25) is 4.90 Å². The molecule has 1 atom stereocenters. The summed E-state index contributed by atoms with van der Waals surface area (Å²) in [7, 11) is 3.89. The van der Waals surface area contributed by atoms with E-state index in [1.54, 1.807) is 7.11 Å². The summed E-state index contributed by atoms with van der Waals surface area (Å²) in [5.74, 6) is 0. The quantitative estimate of drug-likeness (QED) is 0.766. The zero-order valence-corrected chi connectivity index (χ0v) is 12.1. The molecule has 102 valence electrons. The molecule has 0 saturated heterocycles. The monoisotopic (exact) mass is 250 g/mol. The lowest BCUT2D eigenvalue weighted by Gasteiger charge is -2.24. The van der Waals surface area contributed by atoms with Crippen LogP contribution in [0.1, 0.15) is 25.0 Å². The average molecular weight is 250 g/mol. The summed E-state index contributed by atoms with van der Waals surface area (Å²) < 4.78 is 5.18. The summed E-state index contributed by atoms with van der Waals surface area (Å²) >= 11 is 0. The van der Waals surface area contributed by atoms with E-state index >= 15 is 0 Å². The normalized spacial score (nSPS) is 12.9. The minimum atomic E-state index is 0.441. The summed E-state index contributed by atoms with van der Waals surface area (Å²) in [6, 6.07) is 9.27. The third-order valence-electron chi connectivity index (χ3n) is 3.19. The van der Waals surface area contributed by atoms with Crippen LogP contribution >= 0.6 is 0 Å². The summed E-state index contributed by atoms with van der Waals surface area (Å²) in [6.07, 6.45) is 0. The number of likely N-dealkylation sites (N-methyl/N-ethyl adjacent to an activating group) is 1. The summed E-state index contributed by atoms with van der Waals surface area (Å²) in [6.45, 7) is 8.01. The molecule has 1 unspecified atom stereocenters. The van der Waals surface area contributed by atoms with Gasteiger partial charge >= 0.3 is 0 Å². The Bertz CT molecular complexity index is 324. The number of rotatable bonds is 8. The van der Waals surface area contributed by atoms with Gasteiger partial charge in [0.25, 0.3) is 0 Å². The Hall–Kier alpha value is -0.900. The van der Waals surface area contributed by atoms with Crippen LogP contribution in [-0.4, -0.2) is 38.3 Å². The van der Waals surface area contributed by atoms with Crippen molar-refractivity contribution in [2.45, 2.75) is 33.0 Å². The van der Waals surface area contributed by atoms with Crippen LogP contribution in [0.25, 0.3) is 0 Å². The van der Waals surface area contributed by atoms with Crippen LogP contribution in [0, 0.1) is 0 Å². The molecule has 0 radical (unpaired) electrons. The van der Waals surface area contributed by atoms with E-state index in [4.69, 9.17) is 4.74 Å². The van der Waals surface area contributed by atoms with Crippen molar-refractivity contribution in [2.24, 2.45) is 0 Å². The minimum absolute atomic E-state index is 0.441. The van der Waals surface area contributed by atoms with Crippen molar-refractivity contribution >= 4 is 0 Å². The van der Waals surface area contributed by atoms with Crippen molar-refractivity contribution in [1.82, 2.24) is 10.2 Å². The van der Waals surface area contributed by atoms with Gasteiger partial charge in [-0.25, -0.2) is 0 Å². The van der Waals surface area contributed by atoms with E-state index in [0.29, 0.717) is 6.04 Å². The highest BCUT2D eigenvalue weighted by Crippen LogP contribution is 2.09. The number of benzene rings is 1. The molecule has 1 N–H and O–H groups in total. The smallest absolute Gasteiger partial charge is 0.0615 e. The standard InChI is InChI=1S/C15H26N2O/c1-5-16-10-14-6-8-15(9-7-14)11-17(3)13(2)12-18-4/h6-9,13,16H,5,10-12H2,1-4H3. The van der Waals surface area contributed by atoms with Gasteiger partial charge in [-0.2, -0.15) is 0 Å². The van der Waals surface area contributed by atoms with Gasteiger partial charge in [0.05, 0.1) is 6.61 Å². The Labute approximate surface area is 111 Å². The summed E-state index contributed by atoms with van der Waals surface area (Å²) in [5, 5.41) is 3.33. The topological polar surface area (TPSA) is 24.5 Å². The molecule has 0 bridgehead atoms. The molecule has 0 saturated carbocycles. The lowest BCUT2D eigenvalue weighted by molar-refractivity contribution is 0.112. The van der Waals surface area contributed by atoms with Gasteiger partial charge in [-0.1, -0.05) is 31.2 Å². The van der Waals surface area contributed by atoms with Gasteiger partial charge < -0.3 is 10.1 Å². The number of methoxy groups -OCH3 is 1. The Kier molecular flexibility index (Phi) is 6.94. The second kappa shape index (κ2) is 8.25. The maximum atomic E-state index is 5.18. The fraction of sp³-hybridized carbons (Fsp3) is 0.600. The maximum absolute atomic E-state index is 5.18. The predicted molar refractivity (Wildman–Crippen MR) is 76.6 cm³/mol. The van der Waals surface area contributed by atoms with Crippen LogP contribution in [0.3, 0.4) is 0 Å². The second-order valence-electron chi connectivity index (χ2n) is 4.82. The lowest BCUT2D eigenvalue weighted by atomic mass is 10.1. The van der Waals surface area contributed by atoms with Crippen LogP contribution in [0.4, 0.5) is 0 Å². The zero-order chi connectivity index (χ0) is 13.4. The number of nitrogens with one attached hydrogen (secondary N) is 1. The molecule has 0 aliphatic heterocycles. The highest BCUT2D eigenvalue weighted by atomic mass is 16.5. The molecule has 0 heterocycles. The van der Waals surface area contributed by atoms with Crippen molar-refractivity contribution in [2.75, 3.05) is 27.3 Å². The van der Waals surface area contributed by atoms with Crippen LogP contribution in [-0.2, 0) is 17.8 Å². The number of ether oxygens (including phenoxy) is 1. The first-order valence-corrected chi connectivity index (χ1v) is 6.65. The van der Waals surface area contributed by atoms with Gasteiger partial charge in [-0.15, -0.1) is 0 Å². The Morgan fingerprint density at radius 3 is 2.39 bits per heavy atom. The van der Waals surface area contributed by atoms with E-state index < -0.39 is 0 Å². The van der Waals surface area contributed by atoms with Crippen molar-refractivity contribution in [3.8, 4) is 0 Å². The molecule has 0 amide bonds. The molecular weight excluding hydrogens is 224 g/mol. The fourth-order valence-electron chi connectivity index (χ4n) is 1.84. The van der Waals surface area contributed by atoms with Crippen LogP contribution in [0.15, 0.2) is 24.3 Å². The summed E-state index contributed by atoms with van der Waals surface area (Å²) in [4.78, 5) is 2.31. The Morgan fingerprint density at radius 2 is 1.83 bits per heavy atom. The van der Waals surface area contributed by atoms with Crippen LogP contribution in [0.2, 0.25) is 0 Å². The molecule has 3 nitrogen and oxygen atoms in total. The van der Waals surface area contributed by atoms with Gasteiger partial charge in [0.15, 0.2) is 0 Å². The van der Waals surface area contributed by atoms with E-state index in [0.717, 1.165) is 26.2 Å². The first-order chi connectivity index (χ1) is 8.67. The van der Waals surface area contributed by atoms with Gasteiger partial charge in [0.1, 0.15) is 0 Å². The third kappa shape index (κ3) is 5.17. The lowest BCUT2D eigenvalue weighted by Crippen LogP contribution is -2.32. The Morgan fingerprint density at radius 1 is 1.22 bits per heavy atom. The maximum Gasteiger partial charge on any atom is 0.0615 e. The molecule has 3 heteroatoms. The molecule has 1 aromatic rings. The summed E-state index contributed by atoms with van der Waals surface area (Å²) in [5.41, 5.74) is 2.69. The minimum Gasteiger partial charge on any atom is -0.383 e. The number of nitrogens with zero attached hydrogens (tertiary/aromatic N) is 1. The molecule has 1 rings (SSSR count). The highest BCUT2D eigenvalue weighted by molar-refractivity contribution is 5.22. The third-order valence-corrected chi connectivity index (χ3v) is 3.19. The molecule has 1 aromatic carbocycles. The Balaban J connectivity index is 2.47. The molecular formula is C15H26N2O. The van der Waals surface area contributed by atoms with Gasteiger partial charge in [0.2, 0.25) is 0 Å². The average Bonchev–Trinajstić information content (AvgIpc) is 2.38. The van der Waals surface area contributed by atoms with Gasteiger partial charge in [0, 0.05) is 26.2 Å². The largest absolute Gasteiger partial charge is 0.383 e. The first kappa shape index (κ1) is 15.2. The van der Waals surface area contributed by atoms with Crippen LogP contribution < -0.4 is 5.32 Å².